The predicted octanol–water partition coefficient (Wildman–Crippen LogP) is 2.77. The summed E-state index contributed by atoms with van der Waals surface area (Å²) in [6.07, 6.45) is 1.95. The number of nitro benzene ring substituents is 1. The molecule has 4 rings (SSSR count). The summed E-state index contributed by atoms with van der Waals surface area (Å²) in [5.41, 5.74) is 23.8. The zero-order chi connectivity index (χ0) is 21.3. The Kier molecular flexibility index (Phi) is 6.30. The van der Waals surface area contributed by atoms with Crippen molar-refractivity contribution in [2.75, 3.05) is 44.4 Å². The van der Waals surface area contributed by atoms with Crippen LogP contribution in [0.3, 0.4) is 0 Å². The van der Waals surface area contributed by atoms with Crippen molar-refractivity contribution in [1.29, 1.82) is 0 Å². The van der Waals surface area contributed by atoms with Gasteiger partial charge >= 0.3 is 0 Å². The van der Waals surface area contributed by atoms with Crippen LogP contribution in [-0.2, 0) is 25.9 Å². The smallest absolute Gasteiger partial charge is 0.293 e. The number of fused-ring (bicyclic) bond motifs is 2. The molecule has 0 spiro atoms. The lowest BCUT2D eigenvalue weighted by atomic mass is 9.97. The van der Waals surface area contributed by atoms with Crippen molar-refractivity contribution in [3.8, 4) is 0 Å². The fourth-order valence-electron chi connectivity index (χ4n) is 3.81. The van der Waals surface area contributed by atoms with Gasteiger partial charge in [0.1, 0.15) is 5.69 Å². The summed E-state index contributed by atoms with van der Waals surface area (Å²) in [7, 11) is 4.08. The Hall–Kier alpha value is -2.36. The number of likely N-dealkylation sites (N-methyl/N-ethyl adjacent to an activating group) is 2. The van der Waals surface area contributed by atoms with E-state index in [0.29, 0.717) is 17.9 Å². The number of rotatable bonds is 1. The summed E-state index contributed by atoms with van der Waals surface area (Å²) in [5, 5.41) is 10.8. The second-order valence-electron chi connectivity index (χ2n) is 7.69. The van der Waals surface area contributed by atoms with E-state index in [4.69, 9.17) is 17.2 Å². The molecule has 156 valence electrons. The number of hydrogen-bond acceptors (Lipinski definition) is 7. The maximum atomic E-state index is 10.8. The van der Waals surface area contributed by atoms with Gasteiger partial charge in [-0.1, -0.05) is 22.0 Å². The van der Waals surface area contributed by atoms with E-state index in [1.54, 1.807) is 0 Å². The van der Waals surface area contributed by atoms with Crippen LogP contribution in [0, 0.1) is 10.1 Å². The second-order valence-corrected chi connectivity index (χ2v) is 8.54. The molecule has 6 N–H and O–H groups in total. The Morgan fingerprint density at radius 3 is 2.24 bits per heavy atom. The fraction of sp³-hybridized carbons (Fsp3) is 0.400. The molecule has 29 heavy (non-hydrogen) atoms. The largest absolute Gasteiger partial charge is 0.397 e. The lowest BCUT2D eigenvalue weighted by Crippen LogP contribution is -2.27. The van der Waals surface area contributed by atoms with Gasteiger partial charge in [0, 0.05) is 42.3 Å². The van der Waals surface area contributed by atoms with Crippen LogP contribution in [-0.4, -0.2) is 41.9 Å². The molecule has 0 saturated carbocycles. The monoisotopic (exact) mass is 462 g/mol. The van der Waals surface area contributed by atoms with Crippen LogP contribution in [0.1, 0.15) is 22.3 Å². The molecule has 2 aromatic carbocycles. The number of benzene rings is 2. The number of nitro groups is 1. The van der Waals surface area contributed by atoms with Crippen LogP contribution in [0.2, 0.25) is 0 Å². The Morgan fingerprint density at radius 1 is 0.966 bits per heavy atom. The first-order chi connectivity index (χ1) is 13.7. The molecule has 0 fully saturated rings. The minimum atomic E-state index is -0.436. The first-order valence-electron chi connectivity index (χ1n) is 9.46. The van der Waals surface area contributed by atoms with Gasteiger partial charge in [0.15, 0.2) is 0 Å². The van der Waals surface area contributed by atoms with Crippen molar-refractivity contribution in [1.82, 2.24) is 9.80 Å². The van der Waals surface area contributed by atoms with Gasteiger partial charge in [0.25, 0.3) is 5.69 Å². The highest BCUT2D eigenvalue weighted by Gasteiger charge is 2.25. The van der Waals surface area contributed by atoms with E-state index in [0.717, 1.165) is 53.8 Å². The highest BCUT2D eigenvalue weighted by atomic mass is 79.9. The van der Waals surface area contributed by atoms with E-state index < -0.39 is 4.92 Å². The van der Waals surface area contributed by atoms with Gasteiger partial charge in [-0.2, -0.15) is 0 Å². The molecule has 0 amide bonds. The average Bonchev–Trinajstić information content (AvgIpc) is 2.68. The maximum absolute atomic E-state index is 10.8. The third-order valence-electron chi connectivity index (χ3n) is 5.56. The first-order valence-corrected chi connectivity index (χ1v) is 10.2. The summed E-state index contributed by atoms with van der Waals surface area (Å²) in [5.74, 6) is 0. The molecule has 0 unspecified atom stereocenters. The third kappa shape index (κ3) is 4.47. The lowest BCUT2D eigenvalue weighted by Gasteiger charge is -2.26. The number of halogens is 1. The molecule has 8 nitrogen and oxygen atoms in total. The highest BCUT2D eigenvalue weighted by molar-refractivity contribution is 9.10. The Balaban J connectivity index is 0.000000169. The highest BCUT2D eigenvalue weighted by Crippen LogP contribution is 2.37. The molecule has 2 aromatic rings. The standard InChI is InChI=1S/C10H12BrN3O2.C10H15N3/c1-13-3-2-6-7(5-13)10(12)9(14(15)16)4-8(6)11;1-13-5-4-7-2-3-9(11)10(12)8(7)6-13/h4H,2-3,5,12H2,1H3;2-3H,4-6,11-12H2,1H3. The molecule has 0 saturated heterocycles. The van der Waals surface area contributed by atoms with Crippen LogP contribution in [0.5, 0.6) is 0 Å². The van der Waals surface area contributed by atoms with Crippen LogP contribution < -0.4 is 17.2 Å². The number of nitrogen functional groups attached to an aromatic ring is 3. The van der Waals surface area contributed by atoms with Gasteiger partial charge in [-0.05, 0) is 49.7 Å². The Morgan fingerprint density at radius 2 is 1.59 bits per heavy atom. The van der Waals surface area contributed by atoms with Crippen LogP contribution in [0.4, 0.5) is 22.7 Å². The molecule has 2 heterocycles. The van der Waals surface area contributed by atoms with Gasteiger partial charge in [0.05, 0.1) is 16.3 Å². The van der Waals surface area contributed by atoms with Crippen molar-refractivity contribution in [2.24, 2.45) is 0 Å². The van der Waals surface area contributed by atoms with Crippen LogP contribution in [0.25, 0.3) is 0 Å². The van der Waals surface area contributed by atoms with Crippen molar-refractivity contribution >= 4 is 38.7 Å². The number of nitrogens with two attached hydrogens (primary N) is 3. The molecule has 2 aliphatic heterocycles. The molecular weight excluding hydrogens is 436 g/mol. The molecule has 2 aliphatic rings. The van der Waals surface area contributed by atoms with Crippen LogP contribution in [0.15, 0.2) is 22.7 Å². The maximum Gasteiger partial charge on any atom is 0.293 e. The molecule has 0 bridgehead atoms. The van der Waals surface area contributed by atoms with Crippen molar-refractivity contribution in [3.63, 3.8) is 0 Å². The van der Waals surface area contributed by atoms with E-state index in [1.165, 1.54) is 17.2 Å². The topological polar surface area (TPSA) is 128 Å². The van der Waals surface area contributed by atoms with Gasteiger partial charge in [-0.3, -0.25) is 10.1 Å². The average molecular weight is 463 g/mol. The zero-order valence-electron chi connectivity index (χ0n) is 16.7. The van der Waals surface area contributed by atoms with Gasteiger partial charge in [0.2, 0.25) is 0 Å². The lowest BCUT2D eigenvalue weighted by molar-refractivity contribution is -0.384. The minimum Gasteiger partial charge on any atom is -0.397 e. The van der Waals surface area contributed by atoms with E-state index >= 15 is 0 Å². The van der Waals surface area contributed by atoms with Crippen molar-refractivity contribution in [2.45, 2.75) is 25.9 Å². The number of nitrogens with zero attached hydrogens (tertiary/aromatic N) is 3. The van der Waals surface area contributed by atoms with Crippen molar-refractivity contribution in [3.05, 3.63) is 55.0 Å². The minimum absolute atomic E-state index is 0.0130. The molecular formula is C20H27BrN6O2. The number of hydrogen-bond donors (Lipinski definition) is 3. The third-order valence-corrected chi connectivity index (χ3v) is 6.27. The summed E-state index contributed by atoms with van der Waals surface area (Å²) in [4.78, 5) is 14.8. The summed E-state index contributed by atoms with van der Waals surface area (Å²) in [6, 6.07) is 5.49. The summed E-state index contributed by atoms with van der Waals surface area (Å²) >= 11 is 3.38. The number of anilines is 3. The van der Waals surface area contributed by atoms with Gasteiger partial charge in [-0.25, -0.2) is 0 Å². The molecule has 0 radical (unpaired) electrons. The molecule has 0 atom stereocenters. The normalized spacial score (nSPS) is 16.4. The second kappa shape index (κ2) is 8.56. The fourth-order valence-corrected chi connectivity index (χ4v) is 4.46. The first kappa shape index (κ1) is 21.4. The molecule has 9 heteroatoms. The summed E-state index contributed by atoms with van der Waals surface area (Å²) < 4.78 is 0.788. The quantitative estimate of drug-likeness (QED) is 0.337. The Labute approximate surface area is 178 Å². The van der Waals surface area contributed by atoms with Gasteiger partial charge in [-0.15, -0.1) is 0 Å². The molecule has 0 aromatic heterocycles. The van der Waals surface area contributed by atoms with E-state index in [1.807, 2.05) is 13.1 Å². The van der Waals surface area contributed by atoms with Gasteiger partial charge < -0.3 is 27.0 Å². The van der Waals surface area contributed by atoms with E-state index in [-0.39, 0.29) is 5.69 Å². The Bertz CT molecular complexity index is 949. The van der Waals surface area contributed by atoms with E-state index in [2.05, 4.69) is 38.8 Å². The van der Waals surface area contributed by atoms with E-state index in [9.17, 15) is 10.1 Å². The summed E-state index contributed by atoms with van der Waals surface area (Å²) in [6.45, 7) is 3.65. The van der Waals surface area contributed by atoms with Crippen molar-refractivity contribution < 1.29 is 4.92 Å². The molecule has 0 aliphatic carbocycles. The SMILES string of the molecule is CN1CCc2c(Br)cc([N+](=O)[O-])c(N)c2C1.CN1CCc2ccc(N)c(N)c2C1. The zero-order valence-corrected chi connectivity index (χ0v) is 18.3. The predicted molar refractivity (Wildman–Crippen MR) is 121 cm³/mol. The van der Waals surface area contributed by atoms with Crippen LogP contribution >= 0.6 is 15.9 Å².